The van der Waals surface area contributed by atoms with E-state index in [4.69, 9.17) is 5.14 Å². The van der Waals surface area contributed by atoms with E-state index in [9.17, 15) is 23.3 Å². The molecule has 0 saturated carbocycles. The normalized spacial score (nSPS) is 18.0. The number of carbonyl (C=O) groups is 1. The first kappa shape index (κ1) is 20.3. The van der Waals surface area contributed by atoms with E-state index in [-0.39, 0.29) is 29.6 Å². The maximum absolute atomic E-state index is 12.7. The number of sulfonamides is 1. The fourth-order valence-electron chi connectivity index (χ4n) is 2.55. The van der Waals surface area contributed by atoms with Gasteiger partial charge < -0.3 is 10.2 Å². The molecule has 1 heterocycles. The Hall–Kier alpha value is -1.75. The van der Waals surface area contributed by atoms with Crippen LogP contribution in [0, 0.1) is 17.0 Å². The minimum Gasteiger partial charge on any atom is -0.333 e. The topological polar surface area (TPSA) is 136 Å². The smallest absolute Gasteiger partial charge is 0.274 e. The van der Waals surface area contributed by atoms with E-state index in [2.05, 4.69) is 5.32 Å². The Morgan fingerprint density at radius 3 is 2.58 bits per heavy atom. The first-order chi connectivity index (χ1) is 10.6. The van der Waals surface area contributed by atoms with Crippen molar-refractivity contribution in [3.8, 4) is 0 Å². The fourth-order valence-corrected chi connectivity index (χ4v) is 3.10. The molecule has 2 rings (SSSR count). The summed E-state index contributed by atoms with van der Waals surface area (Å²) in [5, 5.41) is 19.3. The third-order valence-corrected chi connectivity index (χ3v) is 4.76. The fraction of sp³-hybridized carbons (Fsp3) is 0.462. The molecule has 1 amide bonds. The summed E-state index contributed by atoms with van der Waals surface area (Å²) in [5.74, 6) is -0.440. The summed E-state index contributed by atoms with van der Waals surface area (Å²) in [5.41, 5.74) is -0.335. The van der Waals surface area contributed by atoms with Gasteiger partial charge in [0.1, 0.15) is 0 Å². The predicted octanol–water partition coefficient (Wildman–Crippen LogP) is 0.406. The van der Waals surface area contributed by atoms with Gasteiger partial charge in [-0.25, -0.2) is 13.6 Å². The number of halogens is 1. The van der Waals surface area contributed by atoms with Gasteiger partial charge in [-0.05, 0) is 19.9 Å². The van der Waals surface area contributed by atoms with Crippen molar-refractivity contribution in [3.63, 3.8) is 0 Å². The van der Waals surface area contributed by atoms with E-state index in [0.29, 0.717) is 19.6 Å². The Morgan fingerprint density at radius 1 is 1.46 bits per heavy atom. The molecule has 1 aliphatic heterocycles. The Kier molecular flexibility index (Phi) is 6.28. The molecule has 0 aliphatic carbocycles. The Balaban J connectivity index is 0.00000288. The van der Waals surface area contributed by atoms with Gasteiger partial charge in [0, 0.05) is 37.3 Å². The molecule has 24 heavy (non-hydrogen) atoms. The third kappa shape index (κ3) is 4.01. The van der Waals surface area contributed by atoms with Crippen LogP contribution >= 0.6 is 12.4 Å². The van der Waals surface area contributed by atoms with E-state index < -0.39 is 31.4 Å². The average molecular weight is 379 g/mol. The summed E-state index contributed by atoms with van der Waals surface area (Å²) in [6, 6.07) is 1.88. The van der Waals surface area contributed by atoms with Crippen molar-refractivity contribution in [1.82, 2.24) is 10.2 Å². The van der Waals surface area contributed by atoms with Crippen molar-refractivity contribution in [2.45, 2.75) is 24.8 Å². The highest BCUT2D eigenvalue weighted by Gasteiger charge is 2.29. The van der Waals surface area contributed by atoms with Gasteiger partial charge in [0.2, 0.25) is 10.0 Å². The molecule has 1 aromatic rings. The van der Waals surface area contributed by atoms with E-state index in [1.807, 2.05) is 6.92 Å². The standard InChI is InChI=1S/C13H18N4O5S.ClH/c1-8-7-15-3-4-16(8)13(18)11-5-10(23(14,21)22)6-12(9(11)2)17(19)20;/h5-6,8,15H,3-4,7H2,1-2H3,(H2,14,21,22);1H/t8-;/m0./s1. The van der Waals surface area contributed by atoms with Crippen LogP contribution in [0.25, 0.3) is 0 Å². The number of hydrogen-bond donors (Lipinski definition) is 2. The lowest BCUT2D eigenvalue weighted by Gasteiger charge is -2.34. The number of nitrogens with two attached hydrogens (primary N) is 1. The highest BCUT2D eigenvalue weighted by atomic mass is 35.5. The number of rotatable bonds is 3. The third-order valence-electron chi connectivity index (χ3n) is 3.87. The number of nitro groups is 1. The zero-order valence-electron chi connectivity index (χ0n) is 13.2. The van der Waals surface area contributed by atoms with Crippen LogP contribution in [-0.4, -0.2) is 49.8 Å². The van der Waals surface area contributed by atoms with Crippen LogP contribution in [0.3, 0.4) is 0 Å². The summed E-state index contributed by atoms with van der Waals surface area (Å²) < 4.78 is 23.1. The highest BCUT2D eigenvalue weighted by molar-refractivity contribution is 7.89. The van der Waals surface area contributed by atoms with Crippen LogP contribution in [0.2, 0.25) is 0 Å². The minimum absolute atomic E-state index is 0. The van der Waals surface area contributed by atoms with Crippen molar-refractivity contribution in [1.29, 1.82) is 0 Å². The molecule has 0 aromatic heterocycles. The van der Waals surface area contributed by atoms with Gasteiger partial charge in [-0.15, -0.1) is 12.4 Å². The maximum atomic E-state index is 12.7. The molecule has 0 bridgehead atoms. The lowest BCUT2D eigenvalue weighted by molar-refractivity contribution is -0.385. The monoisotopic (exact) mass is 378 g/mol. The number of carbonyl (C=O) groups excluding carboxylic acids is 1. The van der Waals surface area contributed by atoms with E-state index in [1.54, 1.807) is 4.90 Å². The van der Waals surface area contributed by atoms with Crippen molar-refractivity contribution in [2.75, 3.05) is 19.6 Å². The predicted molar refractivity (Wildman–Crippen MR) is 89.8 cm³/mol. The van der Waals surface area contributed by atoms with Gasteiger partial charge in [-0.3, -0.25) is 14.9 Å². The number of benzene rings is 1. The summed E-state index contributed by atoms with van der Waals surface area (Å²) in [6.07, 6.45) is 0. The van der Waals surface area contributed by atoms with Gasteiger partial charge in [0.05, 0.1) is 15.4 Å². The second-order valence-corrected chi connectivity index (χ2v) is 7.03. The SMILES string of the molecule is Cc1c(C(=O)N2CCNC[C@@H]2C)cc(S(N)(=O)=O)cc1[N+](=O)[O-].Cl. The average Bonchev–Trinajstić information content (AvgIpc) is 2.45. The van der Waals surface area contributed by atoms with Crippen molar-refractivity contribution < 1.29 is 18.1 Å². The molecule has 1 saturated heterocycles. The molecule has 3 N–H and O–H groups in total. The molecule has 11 heteroatoms. The first-order valence-electron chi connectivity index (χ1n) is 6.96. The Labute approximate surface area is 145 Å². The van der Waals surface area contributed by atoms with Crippen LogP contribution in [0.4, 0.5) is 5.69 Å². The van der Waals surface area contributed by atoms with E-state index in [1.165, 1.54) is 6.92 Å². The van der Waals surface area contributed by atoms with Gasteiger partial charge in [0.25, 0.3) is 11.6 Å². The quantitative estimate of drug-likeness (QED) is 0.577. The van der Waals surface area contributed by atoms with Crippen LogP contribution < -0.4 is 10.5 Å². The molecule has 9 nitrogen and oxygen atoms in total. The number of nitro benzene ring substituents is 1. The number of amides is 1. The van der Waals surface area contributed by atoms with Crippen LogP contribution in [0.1, 0.15) is 22.8 Å². The van der Waals surface area contributed by atoms with E-state index >= 15 is 0 Å². The van der Waals surface area contributed by atoms with Gasteiger partial charge in [0.15, 0.2) is 0 Å². The van der Waals surface area contributed by atoms with Crippen LogP contribution in [-0.2, 0) is 10.0 Å². The molecule has 134 valence electrons. The zero-order chi connectivity index (χ0) is 17.4. The number of hydrogen-bond acceptors (Lipinski definition) is 6. The van der Waals surface area contributed by atoms with Crippen LogP contribution in [0.5, 0.6) is 0 Å². The molecular weight excluding hydrogens is 360 g/mol. The second kappa shape index (κ2) is 7.43. The minimum atomic E-state index is -4.16. The first-order valence-corrected chi connectivity index (χ1v) is 8.51. The summed E-state index contributed by atoms with van der Waals surface area (Å²) in [7, 11) is -4.16. The molecule has 1 aliphatic rings. The molecule has 1 aromatic carbocycles. The van der Waals surface area contributed by atoms with Crippen molar-refractivity contribution in [3.05, 3.63) is 33.4 Å². The summed E-state index contributed by atoms with van der Waals surface area (Å²) in [6.45, 7) is 4.91. The van der Waals surface area contributed by atoms with Gasteiger partial charge in [-0.2, -0.15) is 0 Å². The number of piperazine rings is 1. The Morgan fingerprint density at radius 2 is 2.08 bits per heavy atom. The Bertz CT molecular complexity index is 768. The lowest BCUT2D eigenvalue weighted by atomic mass is 10.0. The largest absolute Gasteiger partial charge is 0.333 e. The summed E-state index contributed by atoms with van der Waals surface area (Å²) >= 11 is 0. The summed E-state index contributed by atoms with van der Waals surface area (Å²) in [4.78, 5) is 24.3. The number of nitrogens with zero attached hydrogens (tertiary/aromatic N) is 2. The van der Waals surface area contributed by atoms with Gasteiger partial charge >= 0.3 is 0 Å². The molecule has 1 atom stereocenters. The highest BCUT2D eigenvalue weighted by Crippen LogP contribution is 2.27. The second-order valence-electron chi connectivity index (χ2n) is 5.47. The van der Waals surface area contributed by atoms with Crippen LogP contribution in [0.15, 0.2) is 17.0 Å². The molecular formula is C13H19ClN4O5S. The maximum Gasteiger partial charge on any atom is 0.274 e. The molecule has 0 radical (unpaired) electrons. The lowest BCUT2D eigenvalue weighted by Crippen LogP contribution is -2.52. The van der Waals surface area contributed by atoms with Crippen molar-refractivity contribution in [2.24, 2.45) is 5.14 Å². The van der Waals surface area contributed by atoms with Crippen molar-refractivity contribution >= 4 is 34.0 Å². The zero-order valence-corrected chi connectivity index (χ0v) is 14.8. The van der Waals surface area contributed by atoms with Gasteiger partial charge in [-0.1, -0.05) is 0 Å². The van der Waals surface area contributed by atoms with E-state index in [0.717, 1.165) is 12.1 Å². The molecule has 1 fully saturated rings. The molecule has 0 unspecified atom stereocenters. The number of primary sulfonamides is 1. The molecule has 0 spiro atoms. The number of nitrogens with one attached hydrogen (secondary N) is 1.